The van der Waals surface area contributed by atoms with Crippen molar-refractivity contribution >= 4 is 23.2 Å². The lowest BCUT2D eigenvalue weighted by Crippen LogP contribution is -2.15. The van der Waals surface area contributed by atoms with Crippen molar-refractivity contribution in [3.8, 4) is 11.5 Å². The van der Waals surface area contributed by atoms with Gasteiger partial charge in [-0.1, -0.05) is 23.2 Å². The molecule has 0 spiro atoms. The highest BCUT2D eigenvalue weighted by Gasteiger charge is 2.21. The third kappa shape index (κ3) is 3.88. The number of nitrogens with one attached hydrogen (secondary N) is 1. The topological polar surface area (TPSA) is 21.3 Å². The van der Waals surface area contributed by atoms with E-state index in [9.17, 15) is 4.39 Å². The van der Waals surface area contributed by atoms with Crippen molar-refractivity contribution in [2.45, 2.75) is 25.4 Å². The standard InChI is InChI=1S/C16H14Cl2FNO/c17-11-1-5-15(10(7-11)9-20-13-3-4-13)21-16-6-2-12(19)8-14(16)18/h1-2,5-8,13,20H,3-4,9H2. The summed E-state index contributed by atoms with van der Waals surface area (Å²) in [4.78, 5) is 0. The number of rotatable bonds is 5. The third-order valence-corrected chi connectivity index (χ3v) is 3.83. The molecule has 0 aliphatic heterocycles. The van der Waals surface area contributed by atoms with Crippen LogP contribution in [0.4, 0.5) is 4.39 Å². The maximum absolute atomic E-state index is 13.1. The molecule has 0 heterocycles. The molecule has 5 heteroatoms. The lowest BCUT2D eigenvalue weighted by atomic mass is 10.2. The maximum atomic E-state index is 13.1. The Labute approximate surface area is 132 Å². The average molecular weight is 326 g/mol. The molecule has 2 aromatic carbocycles. The van der Waals surface area contributed by atoms with Crippen LogP contribution >= 0.6 is 23.2 Å². The molecular formula is C16H14Cl2FNO. The van der Waals surface area contributed by atoms with Gasteiger partial charge >= 0.3 is 0 Å². The van der Waals surface area contributed by atoms with E-state index in [-0.39, 0.29) is 10.8 Å². The zero-order valence-electron chi connectivity index (χ0n) is 11.2. The number of benzene rings is 2. The fraction of sp³-hybridized carbons (Fsp3) is 0.250. The fourth-order valence-corrected chi connectivity index (χ4v) is 2.40. The van der Waals surface area contributed by atoms with E-state index in [0.29, 0.717) is 29.1 Å². The molecule has 0 radical (unpaired) electrons. The van der Waals surface area contributed by atoms with Crippen LogP contribution in [0.25, 0.3) is 0 Å². The summed E-state index contributed by atoms with van der Waals surface area (Å²) in [5, 5.41) is 4.31. The zero-order valence-corrected chi connectivity index (χ0v) is 12.7. The first-order chi connectivity index (χ1) is 10.1. The molecule has 0 unspecified atom stereocenters. The highest BCUT2D eigenvalue weighted by molar-refractivity contribution is 6.32. The van der Waals surface area contributed by atoms with Gasteiger partial charge in [-0.3, -0.25) is 0 Å². The highest BCUT2D eigenvalue weighted by atomic mass is 35.5. The molecule has 3 rings (SSSR count). The zero-order chi connectivity index (χ0) is 14.8. The first-order valence-corrected chi connectivity index (χ1v) is 7.52. The van der Waals surface area contributed by atoms with Crippen LogP contribution in [-0.2, 0) is 6.54 Å². The minimum Gasteiger partial charge on any atom is -0.455 e. The van der Waals surface area contributed by atoms with Gasteiger partial charge in [0, 0.05) is 23.2 Å². The quantitative estimate of drug-likeness (QED) is 0.818. The van der Waals surface area contributed by atoms with Gasteiger partial charge in [-0.2, -0.15) is 0 Å². The molecule has 2 aromatic rings. The molecule has 0 atom stereocenters. The van der Waals surface area contributed by atoms with Gasteiger partial charge in [0.1, 0.15) is 17.3 Å². The molecule has 1 fully saturated rings. The number of halogens is 3. The summed E-state index contributed by atoms with van der Waals surface area (Å²) in [6, 6.07) is 10.1. The van der Waals surface area contributed by atoms with E-state index in [4.69, 9.17) is 27.9 Å². The minimum absolute atomic E-state index is 0.242. The van der Waals surface area contributed by atoms with Gasteiger partial charge in [-0.15, -0.1) is 0 Å². The van der Waals surface area contributed by atoms with Crippen LogP contribution in [0, 0.1) is 5.82 Å². The number of hydrogen-bond acceptors (Lipinski definition) is 2. The predicted molar refractivity (Wildman–Crippen MR) is 82.8 cm³/mol. The molecule has 110 valence electrons. The van der Waals surface area contributed by atoms with Crippen LogP contribution in [0.2, 0.25) is 10.0 Å². The normalized spacial score (nSPS) is 14.2. The maximum Gasteiger partial charge on any atom is 0.146 e. The summed E-state index contributed by atoms with van der Waals surface area (Å²) >= 11 is 12.0. The molecule has 1 aliphatic carbocycles. The second-order valence-corrected chi connectivity index (χ2v) is 5.93. The molecule has 2 nitrogen and oxygen atoms in total. The predicted octanol–water partition coefficient (Wildman–Crippen LogP) is 5.18. The molecule has 0 amide bonds. The summed E-state index contributed by atoms with van der Waals surface area (Å²) < 4.78 is 18.9. The van der Waals surface area contributed by atoms with E-state index in [1.54, 1.807) is 12.1 Å². The summed E-state index contributed by atoms with van der Waals surface area (Å²) in [5.41, 5.74) is 0.954. The van der Waals surface area contributed by atoms with Crippen LogP contribution < -0.4 is 10.1 Å². The van der Waals surface area contributed by atoms with Crippen molar-refractivity contribution in [3.05, 3.63) is 57.8 Å². The average Bonchev–Trinajstić information content (AvgIpc) is 3.26. The minimum atomic E-state index is -0.390. The van der Waals surface area contributed by atoms with Crippen molar-refractivity contribution in [2.24, 2.45) is 0 Å². The van der Waals surface area contributed by atoms with Crippen molar-refractivity contribution in [3.63, 3.8) is 0 Å². The summed E-state index contributed by atoms with van der Waals surface area (Å²) in [6.07, 6.45) is 2.42. The van der Waals surface area contributed by atoms with Crippen LogP contribution in [0.5, 0.6) is 11.5 Å². The van der Waals surface area contributed by atoms with Gasteiger partial charge in [-0.05, 0) is 49.2 Å². The molecule has 21 heavy (non-hydrogen) atoms. The van der Waals surface area contributed by atoms with Crippen LogP contribution in [0.1, 0.15) is 18.4 Å². The summed E-state index contributed by atoms with van der Waals surface area (Å²) in [7, 11) is 0. The Bertz CT molecular complexity index is 659. The third-order valence-electron chi connectivity index (χ3n) is 3.29. The van der Waals surface area contributed by atoms with E-state index in [1.165, 1.54) is 31.0 Å². The Morgan fingerprint density at radius 3 is 2.57 bits per heavy atom. The SMILES string of the molecule is Fc1ccc(Oc2ccc(Cl)cc2CNC2CC2)c(Cl)c1. The molecule has 1 saturated carbocycles. The lowest BCUT2D eigenvalue weighted by molar-refractivity contribution is 0.471. The van der Waals surface area contributed by atoms with Crippen molar-refractivity contribution in [1.29, 1.82) is 0 Å². The van der Waals surface area contributed by atoms with Gasteiger partial charge in [0.2, 0.25) is 0 Å². The van der Waals surface area contributed by atoms with Crippen molar-refractivity contribution in [2.75, 3.05) is 0 Å². The van der Waals surface area contributed by atoms with Crippen LogP contribution in [0.15, 0.2) is 36.4 Å². The second kappa shape index (κ2) is 6.22. The van der Waals surface area contributed by atoms with E-state index < -0.39 is 0 Å². The lowest BCUT2D eigenvalue weighted by Gasteiger charge is -2.13. The van der Waals surface area contributed by atoms with Crippen LogP contribution in [-0.4, -0.2) is 6.04 Å². The first kappa shape index (κ1) is 14.6. The molecule has 0 saturated heterocycles. The Balaban J connectivity index is 1.82. The largest absolute Gasteiger partial charge is 0.455 e. The van der Waals surface area contributed by atoms with Crippen molar-refractivity contribution in [1.82, 2.24) is 5.32 Å². The second-order valence-electron chi connectivity index (χ2n) is 5.08. The Hall–Kier alpha value is -1.29. The van der Waals surface area contributed by atoms with Gasteiger partial charge in [-0.25, -0.2) is 4.39 Å². The van der Waals surface area contributed by atoms with Gasteiger partial charge in [0.05, 0.1) is 5.02 Å². The van der Waals surface area contributed by atoms with E-state index in [0.717, 1.165) is 5.56 Å². The number of ether oxygens (including phenoxy) is 1. The smallest absolute Gasteiger partial charge is 0.146 e. The van der Waals surface area contributed by atoms with Crippen LogP contribution in [0.3, 0.4) is 0 Å². The fourth-order valence-electron chi connectivity index (χ4n) is 2.00. The Kier molecular flexibility index (Phi) is 4.34. The van der Waals surface area contributed by atoms with E-state index in [1.807, 2.05) is 6.07 Å². The summed E-state index contributed by atoms with van der Waals surface area (Å²) in [6.45, 7) is 0.680. The molecule has 1 aliphatic rings. The molecule has 1 N–H and O–H groups in total. The van der Waals surface area contributed by atoms with Gasteiger partial charge in [0.15, 0.2) is 0 Å². The highest BCUT2D eigenvalue weighted by Crippen LogP contribution is 2.33. The van der Waals surface area contributed by atoms with E-state index >= 15 is 0 Å². The Morgan fingerprint density at radius 1 is 1.10 bits per heavy atom. The van der Waals surface area contributed by atoms with E-state index in [2.05, 4.69) is 5.32 Å². The van der Waals surface area contributed by atoms with Gasteiger partial charge in [0.25, 0.3) is 0 Å². The first-order valence-electron chi connectivity index (χ1n) is 6.76. The Morgan fingerprint density at radius 2 is 1.86 bits per heavy atom. The molecule has 0 aromatic heterocycles. The van der Waals surface area contributed by atoms with Gasteiger partial charge < -0.3 is 10.1 Å². The monoisotopic (exact) mass is 325 g/mol. The van der Waals surface area contributed by atoms with Crippen molar-refractivity contribution < 1.29 is 9.13 Å². The summed E-state index contributed by atoms with van der Waals surface area (Å²) in [5.74, 6) is 0.702. The molecular weight excluding hydrogens is 312 g/mol. The number of hydrogen-bond donors (Lipinski definition) is 1. The molecule has 0 bridgehead atoms.